The van der Waals surface area contributed by atoms with Gasteiger partial charge in [-0.25, -0.2) is 4.79 Å². The maximum atomic E-state index is 13.3. The van der Waals surface area contributed by atoms with E-state index in [-0.39, 0.29) is 11.8 Å². The molecule has 0 unspecified atom stereocenters. The fourth-order valence-electron chi connectivity index (χ4n) is 5.07. The lowest BCUT2D eigenvalue weighted by atomic mass is 9.90. The lowest BCUT2D eigenvalue weighted by molar-refractivity contribution is -0.153. The molecule has 9 heteroatoms. The largest absolute Gasteiger partial charge is 0.455 e. The maximum Gasteiger partial charge on any atom is 0.410 e. The molecule has 4 rings (SSSR count). The van der Waals surface area contributed by atoms with Crippen LogP contribution in [0.1, 0.15) is 59.3 Å². The summed E-state index contributed by atoms with van der Waals surface area (Å²) < 4.78 is 10.8. The fraction of sp³-hybridized carbons (Fsp3) is 0.600. The number of benzene rings is 1. The first kappa shape index (κ1) is 24.0. The summed E-state index contributed by atoms with van der Waals surface area (Å²) in [4.78, 5) is 54.4. The minimum Gasteiger partial charge on any atom is -0.455 e. The SMILES string of the molecule is CC(C)(C)OC(=O)N1CCC(C(=O)OCC(=O)N2c3ccccc3NC(=O)C23CCCC3)CC1. The smallest absolute Gasteiger partial charge is 0.410 e. The highest BCUT2D eigenvalue weighted by Gasteiger charge is 2.52. The van der Waals surface area contributed by atoms with E-state index in [0.717, 1.165) is 12.8 Å². The minimum absolute atomic E-state index is 0.183. The summed E-state index contributed by atoms with van der Waals surface area (Å²) in [6.07, 6.45) is 3.38. The third-order valence-corrected chi connectivity index (χ3v) is 6.74. The summed E-state index contributed by atoms with van der Waals surface area (Å²) in [7, 11) is 0. The van der Waals surface area contributed by atoms with Crippen molar-refractivity contribution in [3.05, 3.63) is 24.3 Å². The second-order valence-electron chi connectivity index (χ2n) is 10.3. The molecule has 9 nitrogen and oxygen atoms in total. The number of piperidine rings is 1. The molecule has 1 saturated heterocycles. The Balaban J connectivity index is 1.37. The number of hydrogen-bond donors (Lipinski definition) is 1. The molecule has 2 aliphatic heterocycles. The highest BCUT2D eigenvalue weighted by atomic mass is 16.6. The quantitative estimate of drug-likeness (QED) is 0.677. The molecule has 1 N–H and O–H groups in total. The number of fused-ring (bicyclic) bond motifs is 1. The molecule has 0 radical (unpaired) electrons. The van der Waals surface area contributed by atoms with Crippen LogP contribution in [0.5, 0.6) is 0 Å². The molecule has 3 aliphatic rings. The molecular formula is C25H33N3O6. The lowest BCUT2D eigenvalue weighted by Crippen LogP contribution is -2.61. The van der Waals surface area contributed by atoms with Gasteiger partial charge in [0.1, 0.15) is 11.1 Å². The van der Waals surface area contributed by atoms with Gasteiger partial charge in [-0.05, 0) is 58.6 Å². The minimum atomic E-state index is -0.934. The molecule has 1 aromatic carbocycles. The van der Waals surface area contributed by atoms with Crippen LogP contribution < -0.4 is 10.2 Å². The predicted octanol–water partition coefficient (Wildman–Crippen LogP) is 3.47. The van der Waals surface area contributed by atoms with Gasteiger partial charge in [0.15, 0.2) is 6.61 Å². The summed E-state index contributed by atoms with van der Waals surface area (Å²) in [6.45, 7) is 5.80. The number of carbonyl (C=O) groups excluding carboxylic acids is 4. The van der Waals surface area contributed by atoms with E-state index in [1.165, 1.54) is 0 Å². The standard InChI is InChI=1S/C25H33N3O6/c1-24(2,3)34-23(32)27-14-10-17(11-15-27)21(30)33-16-20(29)28-19-9-5-4-8-18(19)26-22(31)25(28)12-6-7-13-25/h4-5,8-9,17H,6-7,10-16H2,1-3H3,(H,26,31). The summed E-state index contributed by atoms with van der Waals surface area (Å²) >= 11 is 0. The molecule has 0 bridgehead atoms. The van der Waals surface area contributed by atoms with Gasteiger partial charge in [0.05, 0.1) is 17.3 Å². The average Bonchev–Trinajstić information content (AvgIpc) is 3.27. The van der Waals surface area contributed by atoms with E-state index in [0.29, 0.717) is 50.1 Å². The molecule has 1 aliphatic carbocycles. The topological polar surface area (TPSA) is 105 Å². The Bertz CT molecular complexity index is 971. The third kappa shape index (κ3) is 4.74. The van der Waals surface area contributed by atoms with Crippen molar-refractivity contribution in [3.8, 4) is 0 Å². The zero-order valence-corrected chi connectivity index (χ0v) is 20.1. The Hall–Kier alpha value is -3.10. The van der Waals surface area contributed by atoms with E-state index >= 15 is 0 Å². The highest BCUT2D eigenvalue weighted by Crippen LogP contribution is 2.45. The van der Waals surface area contributed by atoms with Crippen molar-refractivity contribution >= 4 is 35.3 Å². The Morgan fingerprint density at radius 1 is 1.09 bits per heavy atom. The van der Waals surface area contributed by atoms with Crippen molar-refractivity contribution in [3.63, 3.8) is 0 Å². The number of rotatable bonds is 3. The highest BCUT2D eigenvalue weighted by molar-refractivity contribution is 6.15. The third-order valence-electron chi connectivity index (χ3n) is 6.74. The number of amides is 3. The number of likely N-dealkylation sites (tertiary alicyclic amines) is 1. The summed E-state index contributed by atoms with van der Waals surface area (Å²) in [5.74, 6) is -1.42. The van der Waals surface area contributed by atoms with Gasteiger partial charge in [0.2, 0.25) is 0 Å². The molecule has 34 heavy (non-hydrogen) atoms. The molecule has 0 aromatic heterocycles. The first-order valence-corrected chi connectivity index (χ1v) is 12.0. The van der Waals surface area contributed by atoms with Gasteiger partial charge in [0.25, 0.3) is 11.8 Å². The van der Waals surface area contributed by atoms with Crippen molar-refractivity contribution in [2.24, 2.45) is 5.92 Å². The van der Waals surface area contributed by atoms with Crippen molar-refractivity contribution in [1.82, 2.24) is 4.90 Å². The molecule has 2 fully saturated rings. The van der Waals surface area contributed by atoms with Gasteiger partial charge in [-0.3, -0.25) is 19.3 Å². The van der Waals surface area contributed by atoms with Crippen LogP contribution in [0.25, 0.3) is 0 Å². The van der Waals surface area contributed by atoms with Crippen LogP contribution in [-0.4, -0.2) is 59.6 Å². The predicted molar refractivity (Wildman–Crippen MR) is 125 cm³/mol. The average molecular weight is 472 g/mol. The van der Waals surface area contributed by atoms with Crippen LogP contribution >= 0.6 is 0 Å². The lowest BCUT2D eigenvalue weighted by Gasteiger charge is -2.44. The number of nitrogens with one attached hydrogen (secondary N) is 1. The van der Waals surface area contributed by atoms with Crippen LogP contribution in [0.15, 0.2) is 24.3 Å². The molecule has 3 amide bonds. The molecule has 1 aromatic rings. The maximum absolute atomic E-state index is 13.3. The van der Waals surface area contributed by atoms with Gasteiger partial charge >= 0.3 is 12.1 Å². The molecular weight excluding hydrogens is 438 g/mol. The first-order chi connectivity index (χ1) is 16.1. The van der Waals surface area contributed by atoms with Gasteiger partial charge in [-0.15, -0.1) is 0 Å². The van der Waals surface area contributed by atoms with E-state index in [4.69, 9.17) is 9.47 Å². The molecule has 2 heterocycles. The Kier molecular flexibility index (Phi) is 6.55. The first-order valence-electron chi connectivity index (χ1n) is 12.0. The van der Waals surface area contributed by atoms with E-state index < -0.39 is 35.7 Å². The van der Waals surface area contributed by atoms with Gasteiger partial charge in [-0.2, -0.15) is 0 Å². The number of carbonyl (C=O) groups is 4. The van der Waals surface area contributed by atoms with E-state index in [9.17, 15) is 19.2 Å². The number of para-hydroxylation sites is 2. The number of anilines is 2. The van der Waals surface area contributed by atoms with Crippen LogP contribution in [0, 0.1) is 5.92 Å². The van der Waals surface area contributed by atoms with Crippen LogP contribution in [-0.2, 0) is 23.9 Å². The number of hydrogen-bond acceptors (Lipinski definition) is 6. The van der Waals surface area contributed by atoms with E-state index in [2.05, 4.69) is 5.32 Å². The summed E-state index contributed by atoms with van der Waals surface area (Å²) in [5.41, 5.74) is -0.292. The zero-order chi connectivity index (χ0) is 24.5. The van der Waals surface area contributed by atoms with Gasteiger partial charge in [0, 0.05) is 13.1 Å². The second kappa shape index (κ2) is 9.27. The summed E-state index contributed by atoms with van der Waals surface area (Å²) in [6, 6.07) is 7.20. The molecule has 184 valence electrons. The monoisotopic (exact) mass is 471 g/mol. The van der Waals surface area contributed by atoms with Crippen molar-refractivity contribution < 1.29 is 28.7 Å². The van der Waals surface area contributed by atoms with Crippen molar-refractivity contribution in [2.75, 3.05) is 29.9 Å². The molecule has 0 atom stereocenters. The number of esters is 1. The van der Waals surface area contributed by atoms with E-state index in [1.807, 2.05) is 26.8 Å². The van der Waals surface area contributed by atoms with Crippen LogP contribution in [0.4, 0.5) is 16.2 Å². The fourth-order valence-corrected chi connectivity index (χ4v) is 5.07. The van der Waals surface area contributed by atoms with E-state index in [1.54, 1.807) is 28.0 Å². The normalized spacial score (nSPS) is 20.0. The van der Waals surface area contributed by atoms with Crippen LogP contribution in [0.2, 0.25) is 0 Å². The Morgan fingerprint density at radius 3 is 2.38 bits per heavy atom. The molecule has 1 spiro atoms. The second-order valence-corrected chi connectivity index (χ2v) is 10.3. The Labute approximate surface area is 199 Å². The van der Waals surface area contributed by atoms with Crippen LogP contribution in [0.3, 0.4) is 0 Å². The Morgan fingerprint density at radius 2 is 1.74 bits per heavy atom. The van der Waals surface area contributed by atoms with Gasteiger partial charge in [-0.1, -0.05) is 25.0 Å². The molecule has 1 saturated carbocycles. The zero-order valence-electron chi connectivity index (χ0n) is 20.1. The number of ether oxygens (including phenoxy) is 2. The number of nitrogens with zero attached hydrogens (tertiary/aromatic N) is 2. The van der Waals surface area contributed by atoms with Crippen molar-refractivity contribution in [1.29, 1.82) is 0 Å². The summed E-state index contributed by atoms with van der Waals surface area (Å²) in [5, 5.41) is 2.94. The van der Waals surface area contributed by atoms with Crippen molar-refractivity contribution in [2.45, 2.75) is 70.4 Å². The van der Waals surface area contributed by atoms with Gasteiger partial charge < -0.3 is 19.7 Å².